The summed E-state index contributed by atoms with van der Waals surface area (Å²) in [5.74, 6) is 0. The fraction of sp³-hybridized carbons (Fsp3) is 0. The van der Waals surface area contributed by atoms with Crippen LogP contribution in [0.2, 0.25) is 0 Å². The van der Waals surface area contributed by atoms with Crippen molar-refractivity contribution in [2.24, 2.45) is 0 Å². The van der Waals surface area contributed by atoms with Gasteiger partial charge in [0.25, 0.3) is 0 Å². The number of aromatic nitrogens is 1. The first-order valence-electron chi connectivity index (χ1n) is 10.0. The van der Waals surface area contributed by atoms with Gasteiger partial charge in [-0.2, -0.15) is 0 Å². The molecule has 1 aliphatic heterocycles. The monoisotopic (exact) mass is 561 g/mol. The number of nitrogens with zero attached hydrogens (tertiary/aromatic N) is 3. The molecular weight excluding hydrogens is 544 g/mol. The molecule has 0 spiro atoms. The Bertz CT molecular complexity index is 1460. The summed E-state index contributed by atoms with van der Waals surface area (Å²) in [6, 6.07) is 32.2. The van der Waals surface area contributed by atoms with Crippen LogP contribution in [0, 0.1) is 11.3 Å². The van der Waals surface area contributed by atoms with E-state index in [1.807, 2.05) is 24.3 Å². The van der Waals surface area contributed by atoms with E-state index in [-0.39, 0.29) is 14.5 Å². The van der Waals surface area contributed by atoms with Crippen molar-refractivity contribution in [2.75, 3.05) is 4.90 Å². The van der Waals surface area contributed by atoms with E-state index < -0.39 is 0 Å². The quantitative estimate of drug-likeness (QED) is 0.230. The Hall–Kier alpha value is -2.90. The topological polar surface area (TPSA) is 39.9 Å². The van der Waals surface area contributed by atoms with Crippen LogP contribution in [0.4, 0.5) is 15.9 Å². The number of thiazole rings is 1. The molecule has 5 aromatic rings. The molecule has 0 saturated carbocycles. The average molecular weight is 559 g/mol. The van der Waals surface area contributed by atoms with Crippen LogP contribution in [0.15, 0.2) is 84.9 Å². The zero-order valence-electron chi connectivity index (χ0n) is 16.7. The van der Waals surface area contributed by atoms with Gasteiger partial charge < -0.3 is 0 Å². The predicted octanol–water partition coefficient (Wildman–Crippen LogP) is 4.86. The van der Waals surface area contributed by atoms with Crippen LogP contribution >= 0.6 is 11.3 Å². The third-order valence-corrected chi connectivity index (χ3v) is 10.8. The van der Waals surface area contributed by atoms with Crippen molar-refractivity contribution >= 4 is 87.5 Å². The van der Waals surface area contributed by atoms with E-state index in [0.717, 1.165) is 15.2 Å². The predicted molar refractivity (Wildman–Crippen MR) is 136 cm³/mol. The second kappa shape index (κ2) is 8.22. The zero-order valence-corrected chi connectivity index (χ0v) is 21.0. The maximum atomic E-state index is 9.84. The summed E-state index contributed by atoms with van der Waals surface area (Å²) in [5.41, 5.74) is 4.15. The van der Waals surface area contributed by atoms with Gasteiger partial charge >= 0.3 is 203 Å². The summed E-state index contributed by atoms with van der Waals surface area (Å²) < 4.78 is 6.41. The van der Waals surface area contributed by atoms with E-state index in [4.69, 9.17) is 0 Å². The van der Waals surface area contributed by atoms with Crippen LogP contribution in [-0.2, 0) is 0 Å². The van der Waals surface area contributed by atoms with Crippen molar-refractivity contribution in [3.8, 4) is 6.07 Å². The Kier molecular flexibility index (Phi) is 5.08. The molecule has 0 radical (unpaired) electrons. The first-order chi connectivity index (χ1) is 15.8. The van der Waals surface area contributed by atoms with Crippen molar-refractivity contribution < 1.29 is 0 Å². The number of rotatable bonds is 3. The van der Waals surface area contributed by atoms with Crippen molar-refractivity contribution in [1.29, 1.82) is 5.26 Å². The molecule has 6 heteroatoms. The molecule has 0 N–H and O–H groups in total. The first-order valence-corrected chi connectivity index (χ1v) is 14.3. The van der Waals surface area contributed by atoms with Gasteiger partial charge in [0.2, 0.25) is 0 Å². The van der Waals surface area contributed by atoms with Crippen molar-refractivity contribution in [3.63, 3.8) is 0 Å². The second-order valence-corrected chi connectivity index (χ2v) is 12.8. The van der Waals surface area contributed by atoms with Crippen molar-refractivity contribution in [2.45, 2.75) is 0 Å². The van der Waals surface area contributed by atoms with Gasteiger partial charge in [-0.3, -0.25) is 0 Å². The standard InChI is InChI=1S/C26H15N3SSe2/c27-16-17(26-28-19-7-1-4-10-22(19)30-26)15-18-13-14-25(31-18)29-20-8-2-5-11-23(20)32-24-12-6-3-9-21(24)29/h1-15H/b17-15+. The Balaban J connectivity index is 1.42. The molecule has 3 aromatic carbocycles. The van der Waals surface area contributed by atoms with E-state index in [1.165, 1.54) is 29.3 Å². The number of anilines is 3. The molecule has 2 aromatic heterocycles. The van der Waals surface area contributed by atoms with Crippen molar-refractivity contribution in [3.05, 3.63) is 94.4 Å². The molecular formula is C26H15N3SSe2. The fourth-order valence-corrected chi connectivity index (χ4v) is 8.96. The normalized spacial score (nSPS) is 13.0. The molecule has 1 aliphatic rings. The molecule has 3 heterocycles. The van der Waals surface area contributed by atoms with Crippen LogP contribution in [0.3, 0.4) is 0 Å². The fourth-order valence-electron chi connectivity index (χ4n) is 3.75. The van der Waals surface area contributed by atoms with Crippen molar-refractivity contribution in [1.82, 2.24) is 4.98 Å². The molecule has 0 amide bonds. The summed E-state index contributed by atoms with van der Waals surface area (Å²) in [7, 11) is 0. The van der Waals surface area contributed by atoms with Gasteiger partial charge in [0.1, 0.15) is 0 Å². The van der Waals surface area contributed by atoms with E-state index in [1.54, 1.807) is 11.3 Å². The number of para-hydroxylation sites is 3. The van der Waals surface area contributed by atoms with Gasteiger partial charge in [-0.1, -0.05) is 0 Å². The average Bonchev–Trinajstić information content (AvgIpc) is 3.47. The number of hydrogen-bond acceptors (Lipinski definition) is 4. The Morgan fingerprint density at radius 2 is 1.56 bits per heavy atom. The van der Waals surface area contributed by atoms with Gasteiger partial charge in [0, 0.05) is 0 Å². The molecule has 6 rings (SSSR count). The summed E-state index contributed by atoms with van der Waals surface area (Å²) in [5, 5.41) is 10.6. The molecule has 0 saturated heterocycles. The Morgan fingerprint density at radius 1 is 0.875 bits per heavy atom. The van der Waals surface area contributed by atoms with Gasteiger partial charge in [0.15, 0.2) is 0 Å². The van der Waals surface area contributed by atoms with Crippen LogP contribution in [0.25, 0.3) is 21.9 Å². The second-order valence-electron chi connectivity index (χ2n) is 7.21. The summed E-state index contributed by atoms with van der Waals surface area (Å²) in [6.07, 6.45) is 2.02. The van der Waals surface area contributed by atoms with Crippen LogP contribution in [-0.4, -0.2) is 34.4 Å². The molecule has 0 aliphatic carbocycles. The van der Waals surface area contributed by atoms with Gasteiger partial charge in [-0.05, 0) is 0 Å². The molecule has 32 heavy (non-hydrogen) atoms. The van der Waals surface area contributed by atoms with E-state index >= 15 is 0 Å². The summed E-state index contributed by atoms with van der Waals surface area (Å²) in [6.45, 7) is 0. The molecule has 0 fully saturated rings. The third kappa shape index (κ3) is 3.45. The van der Waals surface area contributed by atoms with E-state index in [2.05, 4.69) is 82.7 Å². The van der Waals surface area contributed by atoms with Gasteiger partial charge in [-0.25, -0.2) is 0 Å². The molecule has 3 nitrogen and oxygen atoms in total. The SMILES string of the molecule is N#C/C(=C\c1ccc(N2c3ccccc3[Se]c3ccccc32)[se]1)c1nc2ccccc2s1. The Morgan fingerprint density at radius 3 is 2.28 bits per heavy atom. The molecule has 0 bridgehead atoms. The van der Waals surface area contributed by atoms with Crippen LogP contribution in [0.5, 0.6) is 0 Å². The minimum absolute atomic E-state index is 0.101. The van der Waals surface area contributed by atoms with Gasteiger partial charge in [-0.15, -0.1) is 0 Å². The number of nitriles is 1. The number of hydrogen-bond donors (Lipinski definition) is 0. The molecule has 0 atom stereocenters. The first kappa shape index (κ1) is 19.8. The number of fused-ring (bicyclic) bond motifs is 3. The number of benzene rings is 3. The van der Waals surface area contributed by atoms with E-state index in [0.29, 0.717) is 20.5 Å². The maximum absolute atomic E-state index is 9.84. The molecule has 152 valence electrons. The summed E-state index contributed by atoms with van der Waals surface area (Å²) >= 11 is 1.99. The van der Waals surface area contributed by atoms with Gasteiger partial charge in [0.05, 0.1) is 0 Å². The van der Waals surface area contributed by atoms with Crippen LogP contribution < -0.4 is 13.8 Å². The number of allylic oxidation sites excluding steroid dienone is 1. The minimum atomic E-state index is 0.101. The zero-order chi connectivity index (χ0) is 21.5. The van der Waals surface area contributed by atoms with Crippen LogP contribution in [0.1, 0.15) is 9.44 Å². The Labute approximate surface area is 202 Å². The van der Waals surface area contributed by atoms with E-state index in [9.17, 15) is 5.26 Å². The summed E-state index contributed by atoms with van der Waals surface area (Å²) in [4.78, 5) is 7.09. The third-order valence-electron chi connectivity index (χ3n) is 5.20. The molecule has 0 unspecified atom stereocenters.